The summed E-state index contributed by atoms with van der Waals surface area (Å²) >= 11 is 0. The second kappa shape index (κ2) is 8.90. The molecular weight excluding hydrogens is 357 g/mol. The van der Waals surface area contributed by atoms with Crippen molar-refractivity contribution in [3.63, 3.8) is 0 Å². The van der Waals surface area contributed by atoms with E-state index in [0.717, 1.165) is 28.3 Å². The van der Waals surface area contributed by atoms with E-state index >= 15 is 0 Å². The molecule has 0 aromatic heterocycles. The van der Waals surface area contributed by atoms with E-state index in [2.05, 4.69) is 5.32 Å². The van der Waals surface area contributed by atoms with Crippen molar-refractivity contribution in [2.75, 3.05) is 27.7 Å². The number of carbonyl (C=O) groups is 1. The van der Waals surface area contributed by atoms with Crippen LogP contribution in [0.2, 0.25) is 0 Å². The summed E-state index contributed by atoms with van der Waals surface area (Å²) in [5.74, 6) is 0.409. The zero-order chi connectivity index (χ0) is 20.0. The smallest absolute Gasteiger partial charge is 0.416 e. The number of methoxy groups -OCH3 is 1. The van der Waals surface area contributed by atoms with Crippen LogP contribution in [0.4, 0.5) is 13.2 Å². The van der Waals surface area contributed by atoms with Crippen LogP contribution < -0.4 is 15.0 Å². The summed E-state index contributed by atoms with van der Waals surface area (Å²) in [7, 11) is 5.53. The Bertz CT molecular complexity index is 776. The third-order valence-electron chi connectivity index (χ3n) is 4.33. The molecule has 0 heterocycles. The molecule has 2 rings (SSSR count). The van der Waals surface area contributed by atoms with Gasteiger partial charge in [-0.1, -0.05) is 30.3 Å². The number of hydrogen-bond acceptors (Lipinski definition) is 2. The molecule has 0 aliphatic rings. The van der Waals surface area contributed by atoms with Crippen LogP contribution in [0, 0.1) is 0 Å². The molecule has 2 aromatic rings. The molecule has 2 N–H and O–H groups in total. The molecule has 146 valence electrons. The number of nitrogens with one attached hydrogen (secondary N) is 2. The number of alkyl halides is 3. The lowest BCUT2D eigenvalue weighted by Crippen LogP contribution is -3.07. The van der Waals surface area contributed by atoms with Crippen LogP contribution in [-0.2, 0) is 17.4 Å². The van der Waals surface area contributed by atoms with Crippen molar-refractivity contribution in [2.24, 2.45) is 0 Å². The number of quaternary nitrogens is 1. The summed E-state index contributed by atoms with van der Waals surface area (Å²) in [6, 6.07) is 12.4. The summed E-state index contributed by atoms with van der Waals surface area (Å²) in [5, 5.41) is 2.82. The first-order valence-electron chi connectivity index (χ1n) is 8.58. The second-order valence-electron chi connectivity index (χ2n) is 6.55. The molecule has 0 fully saturated rings. The van der Waals surface area contributed by atoms with Crippen molar-refractivity contribution in [2.45, 2.75) is 18.6 Å². The molecule has 0 aliphatic heterocycles. The van der Waals surface area contributed by atoms with Crippen molar-refractivity contribution in [1.29, 1.82) is 0 Å². The predicted octanol–water partition coefficient (Wildman–Crippen LogP) is 2.26. The Hall–Kier alpha value is -2.54. The normalized spacial score (nSPS) is 12.7. The van der Waals surface area contributed by atoms with Gasteiger partial charge in [0, 0.05) is 0 Å². The maximum Gasteiger partial charge on any atom is 0.416 e. The molecule has 0 unspecified atom stereocenters. The standard InChI is InChI=1S/C20H23F3N2O2/c1-25(2)17(16-9-4-5-10-18(16)27-3)13-24-19(26)12-14-7-6-8-15(11-14)20(21,22)23/h4-11,17H,12-13H2,1-3H3,(H,24,26)/p+1/t17-/m1/s1. The van der Waals surface area contributed by atoms with E-state index in [0.29, 0.717) is 12.1 Å². The van der Waals surface area contributed by atoms with Gasteiger partial charge in [0.2, 0.25) is 5.91 Å². The highest BCUT2D eigenvalue weighted by molar-refractivity contribution is 5.78. The predicted molar refractivity (Wildman–Crippen MR) is 96.7 cm³/mol. The molecule has 2 aromatic carbocycles. The monoisotopic (exact) mass is 381 g/mol. The van der Waals surface area contributed by atoms with Gasteiger partial charge in [-0.05, 0) is 23.8 Å². The fourth-order valence-electron chi connectivity index (χ4n) is 2.90. The van der Waals surface area contributed by atoms with Gasteiger partial charge < -0.3 is 15.0 Å². The van der Waals surface area contributed by atoms with E-state index < -0.39 is 11.7 Å². The lowest BCUT2D eigenvalue weighted by atomic mass is 10.0. The highest BCUT2D eigenvalue weighted by Gasteiger charge is 2.30. The lowest BCUT2D eigenvalue weighted by molar-refractivity contribution is -0.890. The number of carbonyl (C=O) groups excluding carboxylic acids is 1. The van der Waals surface area contributed by atoms with Crippen LogP contribution in [-0.4, -0.2) is 33.7 Å². The minimum absolute atomic E-state index is 0.0494. The first-order chi connectivity index (χ1) is 12.7. The Labute approximate surface area is 156 Å². The van der Waals surface area contributed by atoms with Gasteiger partial charge >= 0.3 is 6.18 Å². The Kier molecular flexibility index (Phi) is 6.85. The molecule has 0 bridgehead atoms. The zero-order valence-electron chi connectivity index (χ0n) is 15.6. The highest BCUT2D eigenvalue weighted by atomic mass is 19.4. The quantitative estimate of drug-likeness (QED) is 0.773. The first-order valence-corrected chi connectivity index (χ1v) is 8.58. The SMILES string of the molecule is COc1ccccc1[C@@H](CNC(=O)Cc1cccc(C(F)(F)F)c1)[NH+](C)C. The van der Waals surface area contributed by atoms with E-state index in [-0.39, 0.29) is 18.4 Å². The minimum atomic E-state index is -4.42. The molecule has 0 saturated carbocycles. The summed E-state index contributed by atoms with van der Waals surface area (Å²) < 4.78 is 43.8. The van der Waals surface area contributed by atoms with Crippen LogP contribution in [0.25, 0.3) is 0 Å². The largest absolute Gasteiger partial charge is 0.496 e. The average molecular weight is 381 g/mol. The van der Waals surface area contributed by atoms with E-state index in [1.165, 1.54) is 12.1 Å². The maximum absolute atomic E-state index is 12.8. The Morgan fingerprint density at radius 3 is 2.48 bits per heavy atom. The first kappa shape index (κ1) is 20.8. The summed E-state index contributed by atoms with van der Waals surface area (Å²) in [6.07, 6.45) is -4.53. The van der Waals surface area contributed by atoms with Crippen molar-refractivity contribution in [1.82, 2.24) is 5.32 Å². The van der Waals surface area contributed by atoms with Crippen molar-refractivity contribution in [3.05, 3.63) is 65.2 Å². The molecule has 27 heavy (non-hydrogen) atoms. The fourth-order valence-corrected chi connectivity index (χ4v) is 2.90. The van der Waals surface area contributed by atoms with Gasteiger partial charge in [0.15, 0.2) is 0 Å². The average Bonchev–Trinajstić information content (AvgIpc) is 2.61. The van der Waals surface area contributed by atoms with Crippen LogP contribution >= 0.6 is 0 Å². The topological polar surface area (TPSA) is 42.8 Å². The molecule has 7 heteroatoms. The van der Waals surface area contributed by atoms with Crippen LogP contribution in [0.5, 0.6) is 5.75 Å². The number of rotatable bonds is 7. The molecule has 4 nitrogen and oxygen atoms in total. The molecule has 0 saturated heterocycles. The molecule has 1 amide bonds. The van der Waals surface area contributed by atoms with E-state index in [1.807, 2.05) is 38.4 Å². The third kappa shape index (κ3) is 5.72. The number of amides is 1. The minimum Gasteiger partial charge on any atom is -0.496 e. The zero-order valence-corrected chi connectivity index (χ0v) is 15.6. The lowest BCUT2D eigenvalue weighted by Gasteiger charge is -2.23. The summed E-state index contributed by atoms with van der Waals surface area (Å²) in [4.78, 5) is 13.3. The fraction of sp³-hybridized carbons (Fsp3) is 0.350. The molecule has 1 atom stereocenters. The molecular formula is C20H24F3N2O2+. The van der Waals surface area contributed by atoms with Gasteiger partial charge in [0.25, 0.3) is 0 Å². The Morgan fingerprint density at radius 2 is 1.85 bits per heavy atom. The number of halogens is 3. The van der Waals surface area contributed by atoms with Gasteiger partial charge in [-0.3, -0.25) is 4.79 Å². The van der Waals surface area contributed by atoms with Gasteiger partial charge in [0.1, 0.15) is 11.8 Å². The summed E-state index contributed by atoms with van der Waals surface area (Å²) in [5.41, 5.74) is 0.533. The molecule has 0 aliphatic carbocycles. The maximum atomic E-state index is 12.8. The number of likely N-dealkylation sites (N-methyl/N-ethyl adjacent to an activating group) is 1. The van der Waals surface area contributed by atoms with E-state index in [9.17, 15) is 18.0 Å². The van der Waals surface area contributed by atoms with Gasteiger partial charge in [-0.15, -0.1) is 0 Å². The van der Waals surface area contributed by atoms with Crippen molar-refractivity contribution in [3.8, 4) is 5.75 Å². The number of benzene rings is 2. The third-order valence-corrected chi connectivity index (χ3v) is 4.33. The van der Waals surface area contributed by atoms with Crippen molar-refractivity contribution >= 4 is 5.91 Å². The van der Waals surface area contributed by atoms with E-state index in [4.69, 9.17) is 4.74 Å². The van der Waals surface area contributed by atoms with Crippen LogP contribution in [0.1, 0.15) is 22.7 Å². The van der Waals surface area contributed by atoms with Crippen LogP contribution in [0.15, 0.2) is 48.5 Å². The van der Waals surface area contributed by atoms with Crippen molar-refractivity contribution < 1.29 is 27.6 Å². The van der Waals surface area contributed by atoms with E-state index in [1.54, 1.807) is 7.11 Å². The Morgan fingerprint density at radius 1 is 1.15 bits per heavy atom. The number of ether oxygens (including phenoxy) is 1. The number of para-hydroxylation sites is 1. The molecule has 0 spiro atoms. The van der Waals surface area contributed by atoms with Gasteiger partial charge in [0.05, 0.1) is 45.3 Å². The number of hydrogen-bond donors (Lipinski definition) is 2. The Balaban J connectivity index is 2.05. The van der Waals surface area contributed by atoms with Gasteiger partial charge in [-0.25, -0.2) is 0 Å². The van der Waals surface area contributed by atoms with Gasteiger partial charge in [-0.2, -0.15) is 13.2 Å². The highest BCUT2D eigenvalue weighted by Crippen LogP contribution is 2.29. The van der Waals surface area contributed by atoms with Crippen LogP contribution in [0.3, 0.4) is 0 Å². The summed E-state index contributed by atoms with van der Waals surface area (Å²) in [6.45, 7) is 0.348. The molecule has 0 radical (unpaired) electrons. The second-order valence-corrected chi connectivity index (χ2v) is 6.55.